The summed E-state index contributed by atoms with van der Waals surface area (Å²) in [5.74, 6) is -0.300. The molecule has 2 rings (SSSR count). The van der Waals surface area contributed by atoms with Crippen LogP contribution in [0.5, 0.6) is 0 Å². The van der Waals surface area contributed by atoms with Crippen molar-refractivity contribution in [1.29, 1.82) is 0 Å². The highest BCUT2D eigenvalue weighted by Crippen LogP contribution is 2.25. The van der Waals surface area contributed by atoms with Crippen molar-refractivity contribution in [2.75, 3.05) is 11.9 Å². The number of nitrogens with one attached hydrogen (secondary N) is 2. The second-order valence-electron chi connectivity index (χ2n) is 5.04. The molecule has 1 aromatic carbocycles. The predicted molar refractivity (Wildman–Crippen MR) is 82.2 cm³/mol. The predicted octanol–water partition coefficient (Wildman–Crippen LogP) is 3.05. The smallest absolute Gasteiger partial charge is 0.333 e. The normalized spacial score (nSPS) is 12.0. The van der Waals surface area contributed by atoms with Gasteiger partial charge in [-0.3, -0.25) is 5.10 Å². The van der Waals surface area contributed by atoms with E-state index in [4.69, 9.17) is 4.74 Å². The molecule has 0 saturated carbocycles. The molecule has 5 nitrogen and oxygen atoms in total. The van der Waals surface area contributed by atoms with Crippen LogP contribution in [0.25, 0.3) is 0 Å². The van der Waals surface area contributed by atoms with Crippen molar-refractivity contribution < 1.29 is 9.53 Å². The van der Waals surface area contributed by atoms with Gasteiger partial charge in [0, 0.05) is 16.9 Å². The summed E-state index contributed by atoms with van der Waals surface area (Å²) in [5.41, 5.74) is 4.55. The Morgan fingerprint density at radius 2 is 1.95 bits per heavy atom. The number of rotatable bonds is 5. The van der Waals surface area contributed by atoms with Crippen LogP contribution in [0.15, 0.2) is 24.3 Å². The topological polar surface area (TPSA) is 67.0 Å². The highest BCUT2D eigenvalue weighted by Gasteiger charge is 2.27. The molecule has 0 aliphatic rings. The fourth-order valence-electron chi connectivity index (χ4n) is 2.28. The van der Waals surface area contributed by atoms with Crippen molar-refractivity contribution >= 4 is 11.7 Å². The summed E-state index contributed by atoms with van der Waals surface area (Å²) in [5, 5.41) is 10.3. The summed E-state index contributed by atoms with van der Waals surface area (Å²) in [4.78, 5) is 12.3. The highest BCUT2D eigenvalue weighted by molar-refractivity contribution is 5.81. The van der Waals surface area contributed by atoms with Gasteiger partial charge in [-0.05, 0) is 39.8 Å². The van der Waals surface area contributed by atoms with E-state index in [-0.39, 0.29) is 5.97 Å². The zero-order valence-corrected chi connectivity index (χ0v) is 12.9. The van der Waals surface area contributed by atoms with E-state index < -0.39 is 6.04 Å². The molecule has 0 aliphatic heterocycles. The van der Waals surface area contributed by atoms with E-state index in [1.165, 1.54) is 5.56 Å². The van der Waals surface area contributed by atoms with Crippen LogP contribution in [0, 0.1) is 20.8 Å². The Bertz CT molecular complexity index is 597. The second kappa shape index (κ2) is 6.43. The third kappa shape index (κ3) is 3.42. The molecular weight excluding hydrogens is 266 g/mol. The van der Waals surface area contributed by atoms with Crippen molar-refractivity contribution in [2.45, 2.75) is 33.7 Å². The van der Waals surface area contributed by atoms with Gasteiger partial charge in [0.05, 0.1) is 12.3 Å². The molecule has 0 aliphatic carbocycles. The van der Waals surface area contributed by atoms with Crippen molar-refractivity contribution in [2.24, 2.45) is 0 Å². The van der Waals surface area contributed by atoms with Crippen LogP contribution in [0.2, 0.25) is 0 Å². The first-order valence-corrected chi connectivity index (χ1v) is 7.04. The average molecular weight is 287 g/mol. The number of hydrogen-bond acceptors (Lipinski definition) is 4. The summed E-state index contributed by atoms with van der Waals surface area (Å²) in [6.45, 7) is 7.95. The number of hydrogen-bond donors (Lipinski definition) is 2. The Hall–Kier alpha value is -2.30. The number of carbonyl (C=O) groups excluding carboxylic acids is 1. The van der Waals surface area contributed by atoms with Gasteiger partial charge in [-0.25, -0.2) is 4.79 Å². The number of aryl methyl sites for hydroxylation is 3. The molecule has 1 atom stereocenters. The minimum atomic E-state index is -0.564. The Morgan fingerprint density at radius 3 is 2.48 bits per heavy atom. The lowest BCUT2D eigenvalue weighted by atomic mass is 10.0. The lowest BCUT2D eigenvalue weighted by Gasteiger charge is -2.19. The fourth-order valence-corrected chi connectivity index (χ4v) is 2.28. The molecule has 1 heterocycles. The molecule has 2 aromatic rings. The summed E-state index contributed by atoms with van der Waals surface area (Å²) in [6.07, 6.45) is 0. The molecule has 1 unspecified atom stereocenters. The quantitative estimate of drug-likeness (QED) is 0.829. The van der Waals surface area contributed by atoms with Gasteiger partial charge in [0.2, 0.25) is 0 Å². The van der Waals surface area contributed by atoms with Crippen LogP contribution >= 0.6 is 0 Å². The summed E-state index contributed by atoms with van der Waals surface area (Å²) >= 11 is 0. The largest absolute Gasteiger partial charge is 0.464 e. The van der Waals surface area contributed by atoms with E-state index in [1.54, 1.807) is 6.92 Å². The van der Waals surface area contributed by atoms with Gasteiger partial charge >= 0.3 is 5.97 Å². The van der Waals surface area contributed by atoms with E-state index in [9.17, 15) is 4.79 Å². The van der Waals surface area contributed by atoms with E-state index in [1.807, 2.05) is 45.0 Å². The fraction of sp³-hybridized carbons (Fsp3) is 0.375. The Balaban J connectivity index is 2.32. The molecule has 0 fully saturated rings. The van der Waals surface area contributed by atoms with E-state index in [0.717, 1.165) is 22.6 Å². The first kappa shape index (κ1) is 15.1. The summed E-state index contributed by atoms with van der Waals surface area (Å²) in [7, 11) is 0. The zero-order valence-electron chi connectivity index (χ0n) is 12.9. The van der Waals surface area contributed by atoms with Crippen molar-refractivity contribution in [3.8, 4) is 0 Å². The third-order valence-corrected chi connectivity index (χ3v) is 3.36. The summed E-state index contributed by atoms with van der Waals surface area (Å²) in [6, 6.07) is 7.34. The Kier molecular flexibility index (Phi) is 4.62. The van der Waals surface area contributed by atoms with Crippen LogP contribution in [0.4, 0.5) is 5.69 Å². The number of carbonyl (C=O) groups is 1. The van der Waals surface area contributed by atoms with Crippen molar-refractivity contribution in [3.63, 3.8) is 0 Å². The van der Waals surface area contributed by atoms with Crippen molar-refractivity contribution in [1.82, 2.24) is 10.2 Å². The second-order valence-corrected chi connectivity index (χ2v) is 5.04. The molecule has 0 bridgehead atoms. The third-order valence-electron chi connectivity index (χ3n) is 3.36. The number of nitrogens with zero attached hydrogens (tertiary/aromatic N) is 1. The zero-order chi connectivity index (χ0) is 15.4. The molecule has 1 aromatic heterocycles. The minimum absolute atomic E-state index is 0.300. The van der Waals surface area contributed by atoms with Crippen molar-refractivity contribution in [3.05, 3.63) is 46.8 Å². The molecule has 0 radical (unpaired) electrons. The van der Waals surface area contributed by atoms with Crippen LogP contribution in [0.3, 0.4) is 0 Å². The number of aromatic nitrogens is 2. The molecule has 0 amide bonds. The lowest BCUT2D eigenvalue weighted by Crippen LogP contribution is -2.24. The molecule has 112 valence electrons. The highest BCUT2D eigenvalue weighted by atomic mass is 16.5. The van der Waals surface area contributed by atoms with Crippen LogP contribution in [-0.2, 0) is 9.53 Å². The molecule has 0 saturated heterocycles. The van der Waals surface area contributed by atoms with Gasteiger partial charge in [0.1, 0.15) is 0 Å². The van der Waals surface area contributed by atoms with E-state index in [0.29, 0.717) is 6.61 Å². The molecule has 5 heteroatoms. The van der Waals surface area contributed by atoms with Gasteiger partial charge < -0.3 is 10.1 Å². The lowest BCUT2D eigenvalue weighted by molar-refractivity contribution is -0.144. The SMILES string of the molecule is CCOC(=O)C(Nc1ccc(C)cc1)c1c(C)n[nH]c1C. The van der Waals surface area contributed by atoms with Gasteiger partial charge in [0.15, 0.2) is 6.04 Å². The standard InChI is InChI=1S/C16H21N3O2/c1-5-21-16(20)15(14-11(3)18-19-12(14)4)17-13-8-6-10(2)7-9-13/h6-9,15,17H,5H2,1-4H3,(H,18,19). The van der Waals surface area contributed by atoms with Gasteiger partial charge in [-0.15, -0.1) is 0 Å². The van der Waals surface area contributed by atoms with Gasteiger partial charge in [0.25, 0.3) is 0 Å². The van der Waals surface area contributed by atoms with E-state index >= 15 is 0 Å². The maximum absolute atomic E-state index is 12.3. The van der Waals surface area contributed by atoms with Gasteiger partial charge in [-0.2, -0.15) is 5.10 Å². The summed E-state index contributed by atoms with van der Waals surface area (Å²) < 4.78 is 5.19. The van der Waals surface area contributed by atoms with E-state index in [2.05, 4.69) is 15.5 Å². The van der Waals surface area contributed by atoms with Crippen LogP contribution in [0.1, 0.15) is 35.5 Å². The minimum Gasteiger partial charge on any atom is -0.464 e. The first-order chi connectivity index (χ1) is 10.0. The maximum Gasteiger partial charge on any atom is 0.333 e. The number of benzene rings is 1. The van der Waals surface area contributed by atoms with Crippen LogP contribution < -0.4 is 5.32 Å². The Labute approximate surface area is 124 Å². The molecular formula is C16H21N3O2. The van der Waals surface area contributed by atoms with Crippen LogP contribution in [-0.4, -0.2) is 22.8 Å². The molecule has 21 heavy (non-hydrogen) atoms. The maximum atomic E-state index is 12.3. The number of anilines is 1. The number of H-pyrrole nitrogens is 1. The van der Waals surface area contributed by atoms with Gasteiger partial charge in [-0.1, -0.05) is 17.7 Å². The average Bonchev–Trinajstić information content (AvgIpc) is 2.78. The molecule has 0 spiro atoms. The number of ether oxygens (including phenoxy) is 1. The molecule has 2 N–H and O–H groups in total. The Morgan fingerprint density at radius 1 is 1.29 bits per heavy atom. The number of esters is 1. The monoisotopic (exact) mass is 287 g/mol. The first-order valence-electron chi connectivity index (χ1n) is 7.04. The number of aromatic amines is 1.